The molecule has 1 N–H and O–H groups in total. The van der Waals surface area contributed by atoms with Crippen molar-refractivity contribution in [2.75, 3.05) is 25.6 Å². The van der Waals surface area contributed by atoms with E-state index in [1.807, 2.05) is 54.1 Å². The van der Waals surface area contributed by atoms with Crippen molar-refractivity contribution in [2.24, 2.45) is 0 Å². The zero-order valence-corrected chi connectivity index (χ0v) is 19.4. The number of benzene rings is 2. The molecule has 0 aliphatic rings. The molecular formula is C26H30F3N3O2. The third kappa shape index (κ3) is 6.87. The number of amides is 2. The highest BCUT2D eigenvalue weighted by Crippen LogP contribution is 2.29. The largest absolute Gasteiger partial charge is 0.416 e. The summed E-state index contributed by atoms with van der Waals surface area (Å²) in [7, 11) is 1.61. The molecule has 0 saturated carbocycles. The molecule has 1 heterocycles. The molecule has 0 aliphatic heterocycles. The topological polar surface area (TPSA) is 46.5 Å². The maximum absolute atomic E-state index is 13.2. The van der Waals surface area contributed by atoms with Gasteiger partial charge in [-0.15, -0.1) is 0 Å². The van der Waals surface area contributed by atoms with E-state index in [1.54, 1.807) is 18.1 Å². The fourth-order valence-electron chi connectivity index (χ4n) is 3.78. The minimum absolute atomic E-state index is 0.233. The number of ether oxygens (including phenoxy) is 1. The molecule has 0 atom stereocenters. The second-order valence-corrected chi connectivity index (χ2v) is 8.03. The van der Waals surface area contributed by atoms with E-state index in [-0.39, 0.29) is 12.6 Å². The van der Waals surface area contributed by atoms with E-state index in [1.165, 1.54) is 6.07 Å². The number of para-hydroxylation sites is 1. The zero-order chi connectivity index (χ0) is 24.6. The molecule has 182 valence electrons. The second-order valence-electron chi connectivity index (χ2n) is 8.03. The van der Waals surface area contributed by atoms with Crippen LogP contribution in [0.3, 0.4) is 0 Å². The van der Waals surface area contributed by atoms with Crippen molar-refractivity contribution in [2.45, 2.75) is 39.0 Å². The van der Waals surface area contributed by atoms with E-state index in [0.29, 0.717) is 31.7 Å². The average molecular weight is 474 g/mol. The summed E-state index contributed by atoms with van der Waals surface area (Å²) in [6.07, 6.45) is -1.12. The van der Waals surface area contributed by atoms with Gasteiger partial charge in [-0.2, -0.15) is 13.2 Å². The molecular weight excluding hydrogens is 443 g/mol. The van der Waals surface area contributed by atoms with Crippen LogP contribution < -0.4 is 5.32 Å². The van der Waals surface area contributed by atoms with Crippen molar-refractivity contribution in [3.8, 4) is 0 Å². The number of anilines is 1. The number of hydrogen-bond acceptors (Lipinski definition) is 2. The van der Waals surface area contributed by atoms with Gasteiger partial charge in [0, 0.05) is 44.4 Å². The van der Waals surface area contributed by atoms with E-state index in [4.69, 9.17) is 4.74 Å². The SMILES string of the molecule is CCc1ccccc1NC(=O)N(CCCOC)Cc1cccn1Cc1cccc(C(F)(F)F)c1. The summed E-state index contributed by atoms with van der Waals surface area (Å²) in [5.41, 5.74) is 2.51. The van der Waals surface area contributed by atoms with Crippen LogP contribution in [0.1, 0.15) is 35.7 Å². The molecule has 0 spiro atoms. The van der Waals surface area contributed by atoms with Gasteiger partial charge in [0.2, 0.25) is 0 Å². The summed E-state index contributed by atoms with van der Waals surface area (Å²) in [4.78, 5) is 14.9. The number of aromatic nitrogens is 1. The fraction of sp³-hybridized carbons (Fsp3) is 0.346. The van der Waals surface area contributed by atoms with Crippen LogP contribution in [0.15, 0.2) is 66.9 Å². The van der Waals surface area contributed by atoms with Gasteiger partial charge >= 0.3 is 12.2 Å². The van der Waals surface area contributed by atoms with Gasteiger partial charge in [0.1, 0.15) is 0 Å². The maximum Gasteiger partial charge on any atom is 0.416 e. The molecule has 5 nitrogen and oxygen atoms in total. The molecule has 3 rings (SSSR count). The highest BCUT2D eigenvalue weighted by molar-refractivity contribution is 5.90. The number of nitrogens with one attached hydrogen (secondary N) is 1. The van der Waals surface area contributed by atoms with Crippen LogP contribution in [0.25, 0.3) is 0 Å². The summed E-state index contributed by atoms with van der Waals surface area (Å²) < 4.78 is 46.3. The molecule has 3 aromatic rings. The van der Waals surface area contributed by atoms with E-state index in [2.05, 4.69) is 5.32 Å². The number of halogens is 3. The van der Waals surface area contributed by atoms with E-state index in [0.717, 1.165) is 35.5 Å². The van der Waals surface area contributed by atoms with Gasteiger partial charge in [0.25, 0.3) is 0 Å². The predicted molar refractivity (Wildman–Crippen MR) is 127 cm³/mol. The molecule has 0 radical (unpaired) electrons. The van der Waals surface area contributed by atoms with Crippen LogP contribution in [0.2, 0.25) is 0 Å². The van der Waals surface area contributed by atoms with Crippen molar-refractivity contribution in [1.29, 1.82) is 0 Å². The standard InChI is InChI=1S/C26H30F3N3O2/c1-3-21-10-4-5-13-24(21)30-25(33)32(15-8-16-34-2)19-23-12-7-14-31(23)18-20-9-6-11-22(17-20)26(27,28)29/h4-7,9-14,17H,3,8,15-16,18-19H2,1-2H3,(H,30,33). The Balaban J connectivity index is 1.77. The van der Waals surface area contributed by atoms with Gasteiger partial charge in [-0.1, -0.05) is 37.3 Å². The lowest BCUT2D eigenvalue weighted by Crippen LogP contribution is -2.36. The van der Waals surface area contributed by atoms with Crippen molar-refractivity contribution in [1.82, 2.24) is 9.47 Å². The smallest absolute Gasteiger partial charge is 0.385 e. The van der Waals surface area contributed by atoms with Gasteiger partial charge < -0.3 is 19.5 Å². The van der Waals surface area contributed by atoms with Gasteiger partial charge in [-0.05, 0) is 54.3 Å². The molecule has 2 amide bonds. The molecule has 0 aliphatic carbocycles. The van der Waals surface area contributed by atoms with Crippen molar-refractivity contribution in [3.63, 3.8) is 0 Å². The molecule has 34 heavy (non-hydrogen) atoms. The van der Waals surface area contributed by atoms with E-state index in [9.17, 15) is 18.0 Å². The zero-order valence-electron chi connectivity index (χ0n) is 19.4. The van der Waals surface area contributed by atoms with Crippen molar-refractivity contribution in [3.05, 3.63) is 89.2 Å². The molecule has 2 aromatic carbocycles. The number of carbonyl (C=O) groups excluding carboxylic acids is 1. The second kappa shape index (κ2) is 11.7. The molecule has 0 saturated heterocycles. The van der Waals surface area contributed by atoms with Gasteiger partial charge in [-0.3, -0.25) is 0 Å². The first-order valence-corrected chi connectivity index (χ1v) is 11.2. The van der Waals surface area contributed by atoms with Crippen molar-refractivity contribution < 1.29 is 22.7 Å². The summed E-state index contributed by atoms with van der Waals surface area (Å²) in [5.74, 6) is 0. The van der Waals surface area contributed by atoms with Crippen LogP contribution in [-0.4, -0.2) is 35.8 Å². The van der Waals surface area contributed by atoms with Gasteiger partial charge in [-0.25, -0.2) is 4.79 Å². The van der Waals surface area contributed by atoms with Crippen LogP contribution in [0, 0.1) is 0 Å². The average Bonchev–Trinajstić information content (AvgIpc) is 3.25. The quantitative estimate of drug-likeness (QED) is 0.357. The molecule has 0 unspecified atom stereocenters. The Bertz CT molecular complexity index is 1080. The number of aryl methyl sites for hydroxylation is 1. The molecule has 8 heteroatoms. The number of nitrogens with zero attached hydrogens (tertiary/aromatic N) is 2. The van der Waals surface area contributed by atoms with Crippen molar-refractivity contribution >= 4 is 11.7 Å². The number of alkyl halides is 3. The first kappa shape index (κ1) is 25.4. The maximum atomic E-state index is 13.2. The Kier molecular flexibility index (Phi) is 8.76. The summed E-state index contributed by atoms with van der Waals surface area (Å²) >= 11 is 0. The lowest BCUT2D eigenvalue weighted by Gasteiger charge is -2.24. The van der Waals surface area contributed by atoms with Crippen LogP contribution in [0.5, 0.6) is 0 Å². The highest BCUT2D eigenvalue weighted by Gasteiger charge is 2.30. The Morgan fingerprint density at radius 3 is 2.62 bits per heavy atom. The number of carbonyl (C=O) groups is 1. The normalized spacial score (nSPS) is 11.4. The third-order valence-corrected chi connectivity index (χ3v) is 5.59. The number of rotatable bonds is 10. The first-order chi connectivity index (χ1) is 16.3. The fourth-order valence-corrected chi connectivity index (χ4v) is 3.78. The van der Waals surface area contributed by atoms with E-state index < -0.39 is 11.7 Å². The van der Waals surface area contributed by atoms with Crippen LogP contribution in [0.4, 0.5) is 23.7 Å². The van der Waals surface area contributed by atoms with Crippen LogP contribution in [-0.2, 0) is 30.4 Å². The molecule has 0 bridgehead atoms. The minimum Gasteiger partial charge on any atom is -0.385 e. The lowest BCUT2D eigenvalue weighted by atomic mass is 10.1. The summed E-state index contributed by atoms with van der Waals surface area (Å²) in [6, 6.07) is 16.5. The Morgan fingerprint density at radius 2 is 1.88 bits per heavy atom. The Hall–Kier alpha value is -3.26. The summed E-state index contributed by atoms with van der Waals surface area (Å²) in [5, 5.41) is 3.01. The highest BCUT2D eigenvalue weighted by atomic mass is 19.4. The summed E-state index contributed by atoms with van der Waals surface area (Å²) in [6.45, 7) is 3.61. The number of urea groups is 1. The van der Waals surface area contributed by atoms with Gasteiger partial charge in [0.05, 0.1) is 12.1 Å². The first-order valence-electron chi connectivity index (χ1n) is 11.2. The Morgan fingerprint density at radius 1 is 1.09 bits per heavy atom. The lowest BCUT2D eigenvalue weighted by molar-refractivity contribution is -0.137. The number of hydrogen-bond donors (Lipinski definition) is 1. The molecule has 0 fully saturated rings. The monoisotopic (exact) mass is 473 g/mol. The predicted octanol–water partition coefficient (Wildman–Crippen LogP) is 6.19. The Labute approximate surface area is 198 Å². The van der Waals surface area contributed by atoms with Crippen LogP contribution >= 0.6 is 0 Å². The number of methoxy groups -OCH3 is 1. The third-order valence-electron chi connectivity index (χ3n) is 5.59. The van der Waals surface area contributed by atoms with E-state index >= 15 is 0 Å². The van der Waals surface area contributed by atoms with Gasteiger partial charge in [0.15, 0.2) is 0 Å². The minimum atomic E-state index is -4.39. The molecule has 1 aromatic heterocycles.